The lowest BCUT2D eigenvalue weighted by Crippen LogP contribution is -2.26. The molecule has 2 aromatic rings. The highest BCUT2D eigenvalue weighted by atomic mass is 16.3. The van der Waals surface area contributed by atoms with E-state index in [0.717, 1.165) is 11.4 Å². The molecule has 0 aliphatic carbocycles. The van der Waals surface area contributed by atoms with Gasteiger partial charge in [0.2, 0.25) is 0 Å². The standard InChI is InChI=1S/C16H20N2O2/c1-16(2,3)18-13-8-6-12(7-9-13)15(19)17-11-14-5-4-10-20-14/h4-10,18H,11H2,1-3H3,(H,17,19). The molecule has 0 radical (unpaired) electrons. The topological polar surface area (TPSA) is 54.3 Å². The summed E-state index contributed by atoms with van der Waals surface area (Å²) in [5, 5.41) is 6.17. The van der Waals surface area contributed by atoms with Crippen molar-refractivity contribution in [3.8, 4) is 0 Å². The Hall–Kier alpha value is -2.23. The molecule has 1 aromatic heterocycles. The molecule has 0 atom stereocenters. The van der Waals surface area contributed by atoms with Crippen molar-refractivity contribution in [3.63, 3.8) is 0 Å². The van der Waals surface area contributed by atoms with Crippen LogP contribution in [0.25, 0.3) is 0 Å². The third-order valence-corrected chi connectivity index (χ3v) is 2.67. The van der Waals surface area contributed by atoms with Crippen LogP contribution >= 0.6 is 0 Å². The molecule has 0 bridgehead atoms. The number of anilines is 1. The quantitative estimate of drug-likeness (QED) is 0.896. The largest absolute Gasteiger partial charge is 0.467 e. The van der Waals surface area contributed by atoms with Gasteiger partial charge in [-0.2, -0.15) is 0 Å². The predicted octanol–water partition coefficient (Wildman–Crippen LogP) is 3.42. The number of carbonyl (C=O) groups excluding carboxylic acids is 1. The van der Waals surface area contributed by atoms with E-state index < -0.39 is 0 Å². The molecule has 20 heavy (non-hydrogen) atoms. The van der Waals surface area contributed by atoms with Crippen LogP contribution in [0.4, 0.5) is 5.69 Å². The first kappa shape index (κ1) is 14.2. The number of amides is 1. The summed E-state index contributed by atoms with van der Waals surface area (Å²) in [6.45, 7) is 6.68. The summed E-state index contributed by atoms with van der Waals surface area (Å²) in [6, 6.07) is 11.1. The smallest absolute Gasteiger partial charge is 0.251 e. The zero-order chi connectivity index (χ0) is 14.6. The van der Waals surface area contributed by atoms with Crippen molar-refractivity contribution < 1.29 is 9.21 Å². The van der Waals surface area contributed by atoms with Crippen LogP contribution in [0.2, 0.25) is 0 Å². The minimum Gasteiger partial charge on any atom is -0.467 e. The number of carbonyl (C=O) groups is 1. The van der Waals surface area contributed by atoms with Gasteiger partial charge in [0.15, 0.2) is 0 Å². The fourth-order valence-electron chi connectivity index (χ4n) is 1.82. The van der Waals surface area contributed by atoms with Gasteiger partial charge in [-0.15, -0.1) is 0 Å². The maximum absolute atomic E-state index is 12.0. The van der Waals surface area contributed by atoms with E-state index in [9.17, 15) is 4.79 Å². The molecule has 1 aromatic carbocycles. The molecule has 0 aliphatic heterocycles. The summed E-state index contributed by atoms with van der Waals surface area (Å²) < 4.78 is 5.17. The second kappa shape index (κ2) is 5.82. The van der Waals surface area contributed by atoms with Gasteiger partial charge in [0, 0.05) is 16.8 Å². The summed E-state index contributed by atoms with van der Waals surface area (Å²) in [7, 11) is 0. The highest BCUT2D eigenvalue weighted by Crippen LogP contribution is 2.15. The highest BCUT2D eigenvalue weighted by molar-refractivity contribution is 5.94. The number of benzene rings is 1. The Kier molecular flexibility index (Phi) is 4.13. The van der Waals surface area contributed by atoms with Crippen LogP contribution in [0.5, 0.6) is 0 Å². The molecule has 106 valence electrons. The molecule has 0 saturated heterocycles. The first-order valence-electron chi connectivity index (χ1n) is 6.63. The molecule has 0 spiro atoms. The van der Waals surface area contributed by atoms with Crippen molar-refractivity contribution in [3.05, 3.63) is 54.0 Å². The minimum absolute atomic E-state index is 0.00304. The molecule has 4 nitrogen and oxygen atoms in total. The van der Waals surface area contributed by atoms with E-state index >= 15 is 0 Å². The van der Waals surface area contributed by atoms with Crippen LogP contribution < -0.4 is 10.6 Å². The Bertz CT molecular complexity index is 551. The molecule has 2 rings (SSSR count). The average molecular weight is 272 g/mol. The van der Waals surface area contributed by atoms with Gasteiger partial charge in [0.1, 0.15) is 5.76 Å². The van der Waals surface area contributed by atoms with Crippen LogP contribution in [0, 0.1) is 0 Å². The summed E-state index contributed by atoms with van der Waals surface area (Å²) >= 11 is 0. The van der Waals surface area contributed by atoms with E-state index in [4.69, 9.17) is 4.42 Å². The third-order valence-electron chi connectivity index (χ3n) is 2.67. The monoisotopic (exact) mass is 272 g/mol. The van der Waals surface area contributed by atoms with E-state index in [2.05, 4.69) is 31.4 Å². The molecule has 0 fully saturated rings. The van der Waals surface area contributed by atoms with Crippen LogP contribution in [0.15, 0.2) is 47.1 Å². The van der Waals surface area contributed by atoms with Crippen LogP contribution in [-0.2, 0) is 6.54 Å². The second-order valence-electron chi connectivity index (χ2n) is 5.71. The number of rotatable bonds is 4. The van der Waals surface area contributed by atoms with Gasteiger partial charge in [-0.1, -0.05) is 0 Å². The number of hydrogen-bond donors (Lipinski definition) is 2. The van der Waals surface area contributed by atoms with Crippen LogP contribution in [0.1, 0.15) is 36.9 Å². The van der Waals surface area contributed by atoms with Gasteiger partial charge >= 0.3 is 0 Å². The Morgan fingerprint density at radius 2 is 1.85 bits per heavy atom. The second-order valence-corrected chi connectivity index (χ2v) is 5.71. The SMILES string of the molecule is CC(C)(C)Nc1ccc(C(=O)NCc2ccco2)cc1. The minimum atomic E-state index is -0.108. The molecular formula is C16H20N2O2. The van der Waals surface area contributed by atoms with Crippen molar-refractivity contribution in [2.24, 2.45) is 0 Å². The van der Waals surface area contributed by atoms with Crippen molar-refractivity contribution in [1.82, 2.24) is 5.32 Å². The molecule has 0 aliphatic rings. The zero-order valence-corrected chi connectivity index (χ0v) is 12.1. The van der Waals surface area contributed by atoms with Crippen molar-refractivity contribution >= 4 is 11.6 Å². The van der Waals surface area contributed by atoms with E-state index in [-0.39, 0.29) is 11.4 Å². The Labute approximate surface area is 119 Å². The fraction of sp³-hybridized carbons (Fsp3) is 0.312. The van der Waals surface area contributed by atoms with Gasteiger partial charge in [0.05, 0.1) is 12.8 Å². The highest BCUT2D eigenvalue weighted by Gasteiger charge is 2.10. The number of hydrogen-bond acceptors (Lipinski definition) is 3. The van der Waals surface area contributed by atoms with Crippen molar-refractivity contribution in [2.45, 2.75) is 32.9 Å². The fourth-order valence-corrected chi connectivity index (χ4v) is 1.82. The molecule has 1 amide bonds. The van der Waals surface area contributed by atoms with Crippen molar-refractivity contribution in [2.75, 3.05) is 5.32 Å². The summed E-state index contributed by atoms with van der Waals surface area (Å²) in [4.78, 5) is 12.0. The predicted molar refractivity (Wildman–Crippen MR) is 79.7 cm³/mol. The maximum atomic E-state index is 12.0. The molecule has 0 saturated carbocycles. The molecular weight excluding hydrogens is 252 g/mol. The first-order valence-corrected chi connectivity index (χ1v) is 6.63. The van der Waals surface area contributed by atoms with Gasteiger partial charge in [0.25, 0.3) is 5.91 Å². The number of furan rings is 1. The lowest BCUT2D eigenvalue weighted by molar-refractivity contribution is 0.0948. The Morgan fingerprint density at radius 1 is 1.15 bits per heavy atom. The Morgan fingerprint density at radius 3 is 2.40 bits per heavy atom. The Balaban J connectivity index is 1.93. The van der Waals surface area contributed by atoms with Crippen LogP contribution in [0.3, 0.4) is 0 Å². The summed E-state index contributed by atoms with van der Waals surface area (Å²) in [6.07, 6.45) is 1.59. The van der Waals surface area contributed by atoms with E-state index in [1.807, 2.05) is 30.3 Å². The summed E-state index contributed by atoms with van der Waals surface area (Å²) in [5.41, 5.74) is 1.64. The molecule has 1 heterocycles. The van der Waals surface area contributed by atoms with E-state index in [1.54, 1.807) is 12.3 Å². The van der Waals surface area contributed by atoms with E-state index in [1.165, 1.54) is 0 Å². The van der Waals surface area contributed by atoms with E-state index in [0.29, 0.717) is 12.1 Å². The number of nitrogens with one attached hydrogen (secondary N) is 2. The van der Waals surface area contributed by atoms with Gasteiger partial charge in [-0.05, 0) is 57.2 Å². The molecule has 0 unspecified atom stereocenters. The zero-order valence-electron chi connectivity index (χ0n) is 12.1. The molecule has 4 heteroatoms. The van der Waals surface area contributed by atoms with Crippen molar-refractivity contribution in [1.29, 1.82) is 0 Å². The molecule has 2 N–H and O–H groups in total. The lowest BCUT2D eigenvalue weighted by atomic mass is 10.1. The summed E-state index contributed by atoms with van der Waals surface area (Å²) in [5.74, 6) is 0.632. The van der Waals surface area contributed by atoms with Crippen LogP contribution in [-0.4, -0.2) is 11.4 Å². The van der Waals surface area contributed by atoms with Gasteiger partial charge in [-0.25, -0.2) is 0 Å². The lowest BCUT2D eigenvalue weighted by Gasteiger charge is -2.22. The van der Waals surface area contributed by atoms with Gasteiger partial charge < -0.3 is 15.1 Å². The average Bonchev–Trinajstić information content (AvgIpc) is 2.88. The third kappa shape index (κ3) is 4.16. The normalized spacial score (nSPS) is 11.2. The maximum Gasteiger partial charge on any atom is 0.251 e. The van der Waals surface area contributed by atoms with Gasteiger partial charge in [-0.3, -0.25) is 4.79 Å². The first-order chi connectivity index (χ1) is 9.44.